The molecule has 0 spiro atoms. The Balaban J connectivity index is 0.000000165. The van der Waals surface area contributed by atoms with Crippen LogP contribution in [-0.2, 0) is 0 Å². The van der Waals surface area contributed by atoms with Gasteiger partial charge in [0.2, 0.25) is 0 Å². The normalized spacial score (nSPS) is 9.12. The molecular weight excluding hydrogens is 243 g/mol. The summed E-state index contributed by atoms with van der Waals surface area (Å²) in [5.41, 5.74) is 12.1. The molecule has 2 nitrogen and oxygen atoms in total. The molecule has 4 N–H and O–H groups in total. The van der Waals surface area contributed by atoms with Crippen molar-refractivity contribution in [2.24, 2.45) is 0 Å². The molecule has 0 saturated heterocycles. The van der Waals surface area contributed by atoms with Crippen LogP contribution < -0.4 is 11.5 Å². The van der Waals surface area contributed by atoms with Gasteiger partial charge in [-0.3, -0.25) is 0 Å². The molecule has 0 radical (unpaired) electrons. The molecule has 84 valence electrons. The van der Waals surface area contributed by atoms with Crippen molar-refractivity contribution in [1.29, 1.82) is 0 Å². The van der Waals surface area contributed by atoms with Crippen LogP contribution in [-0.4, -0.2) is 0 Å². The van der Waals surface area contributed by atoms with Gasteiger partial charge in [0.15, 0.2) is 0 Å². The van der Waals surface area contributed by atoms with Crippen molar-refractivity contribution in [3.63, 3.8) is 0 Å². The van der Waals surface area contributed by atoms with Gasteiger partial charge in [0.05, 0.1) is 10.7 Å². The summed E-state index contributed by atoms with van der Waals surface area (Å²) in [4.78, 5) is 0. The molecule has 2 aromatic carbocycles. The van der Waals surface area contributed by atoms with Crippen molar-refractivity contribution >= 4 is 34.6 Å². The average Bonchev–Trinajstić information content (AvgIpc) is 2.26. The highest BCUT2D eigenvalue weighted by atomic mass is 35.5. The van der Waals surface area contributed by atoms with Crippen molar-refractivity contribution in [3.8, 4) is 0 Å². The molecule has 0 aliphatic heterocycles. The number of benzene rings is 2. The maximum Gasteiger partial charge on any atom is 0.0636 e. The summed E-state index contributed by atoms with van der Waals surface area (Å²) in [7, 11) is 0. The molecule has 16 heavy (non-hydrogen) atoms. The second kappa shape index (κ2) is 6.26. The lowest BCUT2D eigenvalue weighted by Gasteiger charge is -1.95. The largest absolute Gasteiger partial charge is 0.399 e. The quantitative estimate of drug-likeness (QED) is 0.702. The number of anilines is 2. The summed E-state index contributed by atoms with van der Waals surface area (Å²) in [6, 6.07) is 14.5. The summed E-state index contributed by atoms with van der Waals surface area (Å²) in [6.45, 7) is 0. The molecular formula is C12H12Cl2N2. The van der Waals surface area contributed by atoms with E-state index in [-0.39, 0.29) is 0 Å². The first-order chi connectivity index (χ1) is 7.59. The number of rotatable bonds is 0. The van der Waals surface area contributed by atoms with Gasteiger partial charge in [0, 0.05) is 10.7 Å². The fraction of sp³-hybridized carbons (Fsp3) is 0. The summed E-state index contributed by atoms with van der Waals surface area (Å²) in [5.74, 6) is 0. The van der Waals surface area contributed by atoms with E-state index in [1.54, 1.807) is 18.2 Å². The lowest BCUT2D eigenvalue weighted by molar-refractivity contribution is 1.68. The predicted octanol–water partition coefficient (Wildman–Crippen LogP) is 3.84. The van der Waals surface area contributed by atoms with Crippen molar-refractivity contribution in [2.45, 2.75) is 0 Å². The van der Waals surface area contributed by atoms with Crippen molar-refractivity contribution in [3.05, 3.63) is 58.6 Å². The molecule has 0 aliphatic carbocycles. The number of hydrogen-bond acceptors (Lipinski definition) is 2. The van der Waals surface area contributed by atoms with Gasteiger partial charge in [-0.15, -0.1) is 0 Å². The minimum absolute atomic E-state index is 0.518. The zero-order valence-corrected chi connectivity index (χ0v) is 10.0. The van der Waals surface area contributed by atoms with E-state index >= 15 is 0 Å². The Morgan fingerprint density at radius 2 is 1.44 bits per heavy atom. The average molecular weight is 255 g/mol. The summed E-state index contributed by atoms with van der Waals surface area (Å²) in [6.07, 6.45) is 0. The molecule has 2 rings (SSSR count). The van der Waals surface area contributed by atoms with Gasteiger partial charge in [-0.2, -0.15) is 0 Å². The number of halogens is 2. The Hall–Kier alpha value is -1.38. The molecule has 0 atom stereocenters. The number of hydrogen-bond donors (Lipinski definition) is 2. The third kappa shape index (κ3) is 4.43. The number of nitrogens with two attached hydrogens (primary N) is 2. The van der Waals surface area contributed by atoms with Crippen LogP contribution in [0.2, 0.25) is 10.0 Å². The Morgan fingerprint density at radius 3 is 1.81 bits per heavy atom. The molecule has 0 unspecified atom stereocenters. The fourth-order valence-corrected chi connectivity index (χ4v) is 1.27. The van der Waals surface area contributed by atoms with Gasteiger partial charge in [-0.1, -0.05) is 41.4 Å². The Kier molecular flexibility index (Phi) is 4.96. The standard InChI is InChI=1S/C6H5Cl2N.C6H7N/c7-4-1-2-5(8)6(9)3-4;7-6-4-2-1-3-5-6/h1-3H,9H2;1-5H,7H2. The van der Waals surface area contributed by atoms with Crippen LogP contribution in [0.5, 0.6) is 0 Å². The molecule has 0 amide bonds. The molecule has 0 fully saturated rings. The van der Waals surface area contributed by atoms with E-state index < -0.39 is 0 Å². The first kappa shape index (κ1) is 12.7. The number of para-hydroxylation sites is 1. The van der Waals surface area contributed by atoms with E-state index in [1.165, 1.54) is 0 Å². The van der Waals surface area contributed by atoms with Gasteiger partial charge in [0.25, 0.3) is 0 Å². The molecule has 0 bridgehead atoms. The maximum atomic E-state index is 5.60. The zero-order valence-electron chi connectivity index (χ0n) is 8.53. The Labute approximate surface area is 105 Å². The molecule has 0 heterocycles. The lowest BCUT2D eigenvalue weighted by atomic mass is 10.3. The van der Waals surface area contributed by atoms with E-state index in [2.05, 4.69) is 0 Å². The van der Waals surface area contributed by atoms with Crippen LogP contribution in [0.15, 0.2) is 48.5 Å². The predicted molar refractivity (Wildman–Crippen MR) is 71.7 cm³/mol. The third-order valence-electron chi connectivity index (χ3n) is 1.76. The van der Waals surface area contributed by atoms with Gasteiger partial charge in [0.1, 0.15) is 0 Å². The highest BCUT2D eigenvalue weighted by molar-refractivity contribution is 6.35. The van der Waals surface area contributed by atoms with E-state index in [9.17, 15) is 0 Å². The van der Waals surface area contributed by atoms with Gasteiger partial charge < -0.3 is 11.5 Å². The lowest BCUT2D eigenvalue weighted by Crippen LogP contribution is -1.83. The highest BCUT2D eigenvalue weighted by Gasteiger charge is 1.93. The van der Waals surface area contributed by atoms with Gasteiger partial charge >= 0.3 is 0 Å². The maximum absolute atomic E-state index is 5.60. The summed E-state index contributed by atoms with van der Waals surface area (Å²) >= 11 is 11.2. The van der Waals surface area contributed by atoms with Gasteiger partial charge in [-0.25, -0.2) is 0 Å². The van der Waals surface area contributed by atoms with Crippen LogP contribution in [0.4, 0.5) is 11.4 Å². The SMILES string of the molecule is Nc1cc(Cl)ccc1Cl.Nc1ccccc1. The smallest absolute Gasteiger partial charge is 0.0636 e. The fourth-order valence-electron chi connectivity index (χ4n) is 0.968. The van der Waals surface area contributed by atoms with Crippen molar-refractivity contribution in [2.75, 3.05) is 11.5 Å². The monoisotopic (exact) mass is 254 g/mol. The first-order valence-electron chi connectivity index (χ1n) is 4.60. The minimum Gasteiger partial charge on any atom is -0.399 e. The first-order valence-corrected chi connectivity index (χ1v) is 5.36. The topological polar surface area (TPSA) is 52.0 Å². The second-order valence-electron chi connectivity index (χ2n) is 3.08. The van der Waals surface area contributed by atoms with E-state index in [0.717, 1.165) is 5.69 Å². The van der Waals surface area contributed by atoms with E-state index in [1.807, 2.05) is 30.3 Å². The van der Waals surface area contributed by atoms with Crippen LogP contribution in [0.1, 0.15) is 0 Å². The Bertz CT molecular complexity index is 444. The highest BCUT2D eigenvalue weighted by Crippen LogP contribution is 2.21. The summed E-state index contributed by atoms with van der Waals surface area (Å²) < 4.78 is 0. The van der Waals surface area contributed by atoms with Crippen LogP contribution in [0, 0.1) is 0 Å². The van der Waals surface area contributed by atoms with Crippen LogP contribution >= 0.6 is 23.2 Å². The molecule has 0 saturated carbocycles. The van der Waals surface area contributed by atoms with Crippen LogP contribution in [0.3, 0.4) is 0 Å². The second-order valence-corrected chi connectivity index (χ2v) is 3.92. The third-order valence-corrected chi connectivity index (χ3v) is 2.34. The van der Waals surface area contributed by atoms with Crippen molar-refractivity contribution in [1.82, 2.24) is 0 Å². The van der Waals surface area contributed by atoms with E-state index in [4.69, 9.17) is 34.7 Å². The summed E-state index contributed by atoms with van der Waals surface area (Å²) in [5, 5.41) is 1.15. The van der Waals surface area contributed by atoms with Gasteiger partial charge in [-0.05, 0) is 30.3 Å². The number of nitrogen functional groups attached to an aromatic ring is 2. The van der Waals surface area contributed by atoms with Crippen molar-refractivity contribution < 1.29 is 0 Å². The molecule has 4 heteroatoms. The van der Waals surface area contributed by atoms with E-state index in [0.29, 0.717) is 15.7 Å². The molecule has 2 aromatic rings. The zero-order chi connectivity index (χ0) is 12.0. The van der Waals surface area contributed by atoms with Crippen LogP contribution in [0.25, 0.3) is 0 Å². The minimum atomic E-state index is 0.518. The molecule has 0 aromatic heterocycles. The molecule has 0 aliphatic rings. The Morgan fingerprint density at radius 1 is 0.812 bits per heavy atom.